The van der Waals surface area contributed by atoms with Gasteiger partial charge in [0.1, 0.15) is 5.69 Å². The fourth-order valence-electron chi connectivity index (χ4n) is 3.92. The minimum atomic E-state index is 0.649. The summed E-state index contributed by atoms with van der Waals surface area (Å²) in [5, 5.41) is 13.7. The van der Waals surface area contributed by atoms with Crippen LogP contribution in [0, 0.1) is 0 Å². The van der Waals surface area contributed by atoms with Gasteiger partial charge in [0, 0.05) is 48.2 Å². The zero-order valence-corrected chi connectivity index (χ0v) is 18.8. The van der Waals surface area contributed by atoms with Gasteiger partial charge < -0.3 is 4.98 Å². The van der Waals surface area contributed by atoms with Crippen molar-refractivity contribution in [3.63, 3.8) is 0 Å². The lowest BCUT2D eigenvalue weighted by atomic mass is 10.1. The molecular formula is C25H24N8. The Morgan fingerprint density at radius 1 is 1.18 bits per heavy atom. The molecule has 8 nitrogen and oxygen atoms in total. The number of allylic oxidation sites excluding steroid dienone is 2. The van der Waals surface area contributed by atoms with Crippen LogP contribution in [0.25, 0.3) is 51.9 Å². The second-order valence-corrected chi connectivity index (χ2v) is 7.90. The third-order valence-electron chi connectivity index (χ3n) is 5.67. The van der Waals surface area contributed by atoms with E-state index in [1.807, 2.05) is 42.3 Å². The van der Waals surface area contributed by atoms with Crippen LogP contribution in [0.5, 0.6) is 0 Å². The molecule has 0 spiro atoms. The molecule has 0 unspecified atom stereocenters. The summed E-state index contributed by atoms with van der Waals surface area (Å²) in [4.78, 5) is 16.6. The van der Waals surface area contributed by atoms with E-state index in [1.54, 1.807) is 18.6 Å². The molecule has 5 aromatic rings. The van der Waals surface area contributed by atoms with Gasteiger partial charge in [0.25, 0.3) is 0 Å². The summed E-state index contributed by atoms with van der Waals surface area (Å²) in [6.45, 7) is 8.44. The Morgan fingerprint density at radius 2 is 2.00 bits per heavy atom. The van der Waals surface area contributed by atoms with Crippen LogP contribution in [0.15, 0.2) is 49.2 Å². The molecule has 8 heteroatoms. The summed E-state index contributed by atoms with van der Waals surface area (Å²) in [6.07, 6.45) is 14.1. The first-order chi connectivity index (χ1) is 16.0. The molecule has 33 heavy (non-hydrogen) atoms. The number of imidazole rings is 1. The smallest absolute Gasteiger partial charge is 0.159 e. The first-order valence-corrected chi connectivity index (χ1v) is 10.7. The number of hydrogen-bond donors (Lipinski definition) is 2. The largest absolute Gasteiger partial charge is 0.335 e. The molecule has 164 valence electrons. The van der Waals surface area contributed by atoms with Gasteiger partial charge in [-0.1, -0.05) is 19.6 Å². The molecule has 5 heterocycles. The van der Waals surface area contributed by atoms with Gasteiger partial charge in [-0.05, 0) is 42.7 Å². The fraction of sp³-hybridized carbons (Fsp3) is 0.160. The molecule has 0 aromatic carbocycles. The van der Waals surface area contributed by atoms with Crippen molar-refractivity contribution >= 4 is 29.3 Å². The Hall–Kier alpha value is -4.33. The van der Waals surface area contributed by atoms with Crippen LogP contribution in [-0.2, 0) is 13.5 Å². The topological polar surface area (TPSA) is 101 Å². The van der Waals surface area contributed by atoms with Crippen LogP contribution in [0.3, 0.4) is 0 Å². The Kier molecular flexibility index (Phi) is 5.18. The standard InChI is InChI=1S/C25H24N8/c1-5-20-19(14-33(4)32-20)15(2)6-7-21-16(3)23(31-30-21)25-28-22-13-27-12-18(24(22)29-25)17-8-10-26-11-9-17/h6-14,30H,3,5H2,1-2,4H3,(H,28,29)/b15-6+,21-7+. The SMILES string of the molecule is C=c1c(-c2nc3c(-c4ccncc4)cncc3[nH]2)n[nH]/c1=C/C=C(\C)c1cn(C)nc1CC. The van der Waals surface area contributed by atoms with Crippen LogP contribution >= 0.6 is 0 Å². The summed E-state index contributed by atoms with van der Waals surface area (Å²) in [5.41, 5.74) is 7.66. The van der Waals surface area contributed by atoms with E-state index in [9.17, 15) is 0 Å². The number of hydrogen-bond acceptors (Lipinski definition) is 5. The summed E-state index contributed by atoms with van der Waals surface area (Å²) < 4.78 is 1.85. The highest BCUT2D eigenvalue weighted by atomic mass is 15.2. The minimum Gasteiger partial charge on any atom is -0.335 e. The highest BCUT2D eigenvalue weighted by Gasteiger charge is 2.13. The van der Waals surface area contributed by atoms with Gasteiger partial charge in [-0.3, -0.25) is 19.7 Å². The third-order valence-corrected chi connectivity index (χ3v) is 5.67. The summed E-state index contributed by atoms with van der Waals surface area (Å²) in [6, 6.07) is 3.89. The van der Waals surface area contributed by atoms with Crippen molar-refractivity contribution in [2.45, 2.75) is 20.3 Å². The maximum Gasteiger partial charge on any atom is 0.159 e. The van der Waals surface area contributed by atoms with Crippen molar-refractivity contribution in [2.75, 3.05) is 0 Å². The maximum absolute atomic E-state index is 4.82. The predicted octanol–water partition coefficient (Wildman–Crippen LogP) is 3.00. The van der Waals surface area contributed by atoms with Crippen LogP contribution in [0.1, 0.15) is 25.1 Å². The predicted molar refractivity (Wildman–Crippen MR) is 130 cm³/mol. The third kappa shape index (κ3) is 3.76. The number of aromatic amines is 2. The molecule has 0 radical (unpaired) electrons. The number of H-pyrrole nitrogens is 2. The number of nitrogens with zero attached hydrogens (tertiary/aromatic N) is 6. The second-order valence-electron chi connectivity index (χ2n) is 7.90. The normalized spacial score (nSPS) is 12.7. The van der Waals surface area contributed by atoms with E-state index in [-0.39, 0.29) is 0 Å². The van der Waals surface area contributed by atoms with Crippen LogP contribution < -0.4 is 10.6 Å². The first-order valence-electron chi connectivity index (χ1n) is 10.7. The van der Waals surface area contributed by atoms with E-state index in [0.717, 1.165) is 56.0 Å². The molecule has 5 rings (SSSR count). The Morgan fingerprint density at radius 3 is 2.79 bits per heavy atom. The van der Waals surface area contributed by atoms with Gasteiger partial charge in [0.05, 0.1) is 28.3 Å². The van der Waals surface area contributed by atoms with E-state index >= 15 is 0 Å². The van der Waals surface area contributed by atoms with Gasteiger partial charge >= 0.3 is 0 Å². The molecule has 5 aromatic heterocycles. The quantitative estimate of drug-likeness (QED) is 0.441. The summed E-state index contributed by atoms with van der Waals surface area (Å²) in [7, 11) is 1.94. The average molecular weight is 437 g/mol. The zero-order chi connectivity index (χ0) is 22.9. The van der Waals surface area contributed by atoms with Crippen LogP contribution in [0.2, 0.25) is 0 Å². The van der Waals surface area contributed by atoms with Crippen LogP contribution in [-0.4, -0.2) is 39.9 Å². The molecule has 0 aliphatic heterocycles. The molecular weight excluding hydrogens is 412 g/mol. The monoisotopic (exact) mass is 436 g/mol. The number of aryl methyl sites for hydroxylation is 2. The van der Waals surface area contributed by atoms with Crippen molar-refractivity contribution in [1.82, 2.24) is 39.9 Å². The Labute approximate surface area is 190 Å². The van der Waals surface area contributed by atoms with E-state index in [2.05, 4.69) is 56.8 Å². The van der Waals surface area contributed by atoms with Crippen molar-refractivity contribution in [2.24, 2.45) is 7.05 Å². The Bertz CT molecular complexity index is 1580. The molecule has 0 atom stereocenters. The lowest BCUT2D eigenvalue weighted by Gasteiger charge is -2.00. The number of nitrogens with one attached hydrogen (secondary N) is 2. The molecule has 2 N–H and O–H groups in total. The van der Waals surface area contributed by atoms with Crippen molar-refractivity contribution in [1.29, 1.82) is 0 Å². The van der Waals surface area contributed by atoms with E-state index in [0.29, 0.717) is 11.5 Å². The van der Waals surface area contributed by atoms with Gasteiger partial charge in [-0.2, -0.15) is 10.2 Å². The number of pyridine rings is 2. The van der Waals surface area contributed by atoms with Gasteiger partial charge in [-0.15, -0.1) is 0 Å². The fourth-order valence-corrected chi connectivity index (χ4v) is 3.92. The first kappa shape index (κ1) is 20.6. The lowest BCUT2D eigenvalue weighted by Crippen LogP contribution is -2.21. The average Bonchev–Trinajstić information content (AvgIpc) is 3.53. The van der Waals surface area contributed by atoms with Crippen molar-refractivity contribution in [3.05, 3.63) is 71.0 Å². The lowest BCUT2D eigenvalue weighted by molar-refractivity contribution is 0.746. The van der Waals surface area contributed by atoms with Gasteiger partial charge in [0.15, 0.2) is 5.82 Å². The van der Waals surface area contributed by atoms with E-state index in [4.69, 9.17) is 4.98 Å². The summed E-state index contributed by atoms with van der Waals surface area (Å²) in [5.74, 6) is 0.649. The van der Waals surface area contributed by atoms with Crippen molar-refractivity contribution in [3.8, 4) is 22.6 Å². The van der Waals surface area contributed by atoms with E-state index < -0.39 is 0 Å². The molecule has 0 amide bonds. The molecule has 0 saturated carbocycles. The highest BCUT2D eigenvalue weighted by molar-refractivity contribution is 5.92. The molecule has 0 saturated heterocycles. The van der Waals surface area contributed by atoms with E-state index in [1.165, 1.54) is 0 Å². The maximum atomic E-state index is 4.82. The molecule has 0 aliphatic carbocycles. The second kappa shape index (κ2) is 8.31. The van der Waals surface area contributed by atoms with Crippen LogP contribution in [0.4, 0.5) is 0 Å². The Balaban J connectivity index is 1.54. The number of aromatic nitrogens is 8. The van der Waals surface area contributed by atoms with Gasteiger partial charge in [-0.25, -0.2) is 4.98 Å². The highest BCUT2D eigenvalue weighted by Crippen LogP contribution is 2.27. The molecule has 0 bridgehead atoms. The molecule has 0 fully saturated rings. The van der Waals surface area contributed by atoms with Gasteiger partial charge in [0.2, 0.25) is 0 Å². The minimum absolute atomic E-state index is 0.649. The summed E-state index contributed by atoms with van der Waals surface area (Å²) >= 11 is 0. The number of fused-ring (bicyclic) bond motifs is 1. The number of rotatable bonds is 5. The molecule has 0 aliphatic rings. The van der Waals surface area contributed by atoms with Crippen molar-refractivity contribution < 1.29 is 0 Å². The zero-order valence-electron chi connectivity index (χ0n) is 18.8.